The smallest absolute Gasteiger partial charge is 0 e. The van der Waals surface area contributed by atoms with Gasteiger partial charge in [0.15, 0.2) is 0 Å². The molecule has 0 radical (unpaired) electrons. The van der Waals surface area contributed by atoms with Crippen LogP contribution in [0.25, 0.3) is 0 Å². The van der Waals surface area contributed by atoms with Crippen molar-refractivity contribution in [3.63, 3.8) is 0 Å². The van der Waals surface area contributed by atoms with Gasteiger partial charge in [-0.25, -0.2) is 0 Å². The van der Waals surface area contributed by atoms with Gasteiger partial charge in [-0.1, -0.05) is 0 Å². The van der Waals surface area contributed by atoms with Crippen molar-refractivity contribution in [2.45, 2.75) is 0 Å². The summed E-state index contributed by atoms with van der Waals surface area (Å²) in [5.41, 5.74) is 0. The molecule has 0 atom stereocenters. The van der Waals surface area contributed by atoms with E-state index in [2.05, 4.69) is 0 Å². The van der Waals surface area contributed by atoms with Gasteiger partial charge in [0.05, 0.1) is 0 Å². The minimum absolute atomic E-state index is 0. The van der Waals surface area contributed by atoms with E-state index in [0.29, 0.717) is 0 Å². The maximum absolute atomic E-state index is 0. The molecule has 0 aromatic carbocycles. The molecular weight excluding hydrogens is 711 g/mol. The molecule has 0 saturated heterocycles. The van der Waals surface area contributed by atoms with Crippen LogP contribution in [0.1, 0.15) is 0 Å². The molecule has 0 aromatic rings. The van der Waals surface area contributed by atoms with Gasteiger partial charge in [-0.3, -0.25) is 0 Å². The van der Waals surface area contributed by atoms with E-state index in [-0.39, 0.29) is 197 Å². The molecule has 0 aliphatic heterocycles. The third-order valence-corrected chi connectivity index (χ3v) is 0. The topological polar surface area (TPSA) is 140 Å². The molecule has 4 nitrogen and oxygen atoms in total. The Hall–Kier alpha value is 5.50. The molecular formula is H12N4Ti6W2. The second-order valence-corrected chi connectivity index (χ2v) is 0. The first-order chi connectivity index (χ1) is 0. The van der Waals surface area contributed by atoms with E-state index in [9.17, 15) is 0 Å². The molecule has 68 valence electrons. The SMILES string of the molecule is N.N.N.N.[Ti].[Ti].[Ti].[Ti].[Ti].[Ti].[W].[W]. The normalized spacial score (nSPS) is 0. The van der Waals surface area contributed by atoms with Gasteiger partial charge in [-0.2, -0.15) is 0 Å². The fourth-order valence-electron chi connectivity index (χ4n) is 0. The van der Waals surface area contributed by atoms with E-state index in [0.717, 1.165) is 0 Å². The van der Waals surface area contributed by atoms with Crippen molar-refractivity contribution >= 4 is 0 Å². The van der Waals surface area contributed by atoms with Crippen LogP contribution in [0.15, 0.2) is 0 Å². The van der Waals surface area contributed by atoms with Gasteiger partial charge in [0.25, 0.3) is 0 Å². The predicted octanol–water partition coefficient (Wildman–Crippen LogP) is 0.628. The fraction of sp³-hybridized carbons (Fsp3) is 0. The van der Waals surface area contributed by atoms with Crippen LogP contribution in [0, 0.1) is 0 Å². The number of hydrogen-bond donors (Lipinski definition) is 4. The summed E-state index contributed by atoms with van der Waals surface area (Å²) in [4.78, 5) is 0. The minimum atomic E-state index is 0. The predicted molar refractivity (Wildman–Crippen MR) is 20.1 cm³/mol. The van der Waals surface area contributed by atoms with Gasteiger partial charge in [0, 0.05) is 172 Å². The molecule has 0 amide bonds. The molecule has 0 heterocycles. The van der Waals surface area contributed by atoms with Crippen LogP contribution < -0.4 is 24.6 Å². The Morgan fingerprint density at radius 3 is 0.250 bits per heavy atom. The molecule has 0 fully saturated rings. The Bertz CT molecular complexity index is 17.5. The Morgan fingerprint density at radius 2 is 0.250 bits per heavy atom. The third kappa shape index (κ3) is 108. The largest absolute Gasteiger partial charge is 0.344 e. The molecule has 0 saturated carbocycles. The van der Waals surface area contributed by atoms with Gasteiger partial charge in [-0.15, -0.1) is 0 Å². The van der Waals surface area contributed by atoms with Crippen LogP contribution in [0.4, 0.5) is 0 Å². The van der Waals surface area contributed by atoms with Crippen LogP contribution in [0.5, 0.6) is 0 Å². The van der Waals surface area contributed by atoms with Gasteiger partial charge in [0.2, 0.25) is 0 Å². The summed E-state index contributed by atoms with van der Waals surface area (Å²) < 4.78 is 0. The van der Waals surface area contributed by atoms with Crippen LogP contribution >= 0.6 is 0 Å². The molecule has 12 heavy (non-hydrogen) atoms. The Labute approximate surface area is 193 Å². The molecule has 12 heteroatoms. The van der Waals surface area contributed by atoms with Gasteiger partial charge < -0.3 is 24.6 Å². The van der Waals surface area contributed by atoms with E-state index in [1.165, 1.54) is 0 Å². The van der Waals surface area contributed by atoms with Crippen LogP contribution in [0.3, 0.4) is 0 Å². The van der Waals surface area contributed by atoms with Crippen LogP contribution in [-0.2, 0) is 172 Å². The van der Waals surface area contributed by atoms with Crippen molar-refractivity contribution in [1.29, 1.82) is 0 Å². The van der Waals surface area contributed by atoms with E-state index in [4.69, 9.17) is 0 Å². The zero-order valence-electron chi connectivity index (χ0n) is 6.64. The molecule has 0 aliphatic rings. The molecule has 0 rings (SSSR count). The first-order valence-electron chi connectivity index (χ1n) is 0. The quantitative estimate of drug-likeness (QED) is 0.273. The van der Waals surface area contributed by atoms with Gasteiger partial charge >= 0.3 is 0 Å². The maximum Gasteiger partial charge on any atom is 0 e. The summed E-state index contributed by atoms with van der Waals surface area (Å²) >= 11 is 0. The molecule has 0 unspecified atom stereocenters. The Kier molecular flexibility index (Phi) is 1720. The van der Waals surface area contributed by atoms with Crippen molar-refractivity contribution in [3.05, 3.63) is 0 Å². The molecule has 0 bridgehead atoms. The average molecular weight is 723 g/mol. The van der Waals surface area contributed by atoms with Crippen molar-refractivity contribution in [2.75, 3.05) is 0 Å². The maximum atomic E-state index is 0. The van der Waals surface area contributed by atoms with Crippen molar-refractivity contribution in [1.82, 2.24) is 24.6 Å². The van der Waals surface area contributed by atoms with Gasteiger partial charge in [-0.05, 0) is 0 Å². The average Bonchev–Trinajstić information content (AvgIpc) is 0. The molecule has 0 aliphatic carbocycles. The number of rotatable bonds is 0. The first-order valence-corrected chi connectivity index (χ1v) is 0. The van der Waals surface area contributed by atoms with Crippen LogP contribution in [0.2, 0.25) is 0 Å². The summed E-state index contributed by atoms with van der Waals surface area (Å²) in [5.74, 6) is 0. The van der Waals surface area contributed by atoms with Crippen molar-refractivity contribution < 1.29 is 172 Å². The number of hydrogen-bond acceptors (Lipinski definition) is 4. The molecule has 0 spiro atoms. The van der Waals surface area contributed by atoms with Crippen molar-refractivity contribution in [2.24, 2.45) is 0 Å². The standard InChI is InChI=1S/4H3N.6Ti.2W/h4*1H3;;;;;;;;. The monoisotopic (exact) mass is 724 g/mol. The molecule has 0 aromatic heterocycles. The van der Waals surface area contributed by atoms with E-state index in [1.807, 2.05) is 0 Å². The summed E-state index contributed by atoms with van der Waals surface area (Å²) in [5, 5.41) is 0. The van der Waals surface area contributed by atoms with E-state index in [1.54, 1.807) is 0 Å². The fourth-order valence-corrected chi connectivity index (χ4v) is 0. The zero-order chi connectivity index (χ0) is 0. The summed E-state index contributed by atoms with van der Waals surface area (Å²) in [7, 11) is 0. The minimum Gasteiger partial charge on any atom is -0.344 e. The van der Waals surface area contributed by atoms with Crippen LogP contribution in [-0.4, -0.2) is 0 Å². The first kappa shape index (κ1) is 157. The molecule has 12 N–H and O–H groups in total. The summed E-state index contributed by atoms with van der Waals surface area (Å²) in [6, 6.07) is 0. The van der Waals surface area contributed by atoms with E-state index >= 15 is 0 Å². The van der Waals surface area contributed by atoms with E-state index < -0.39 is 0 Å². The third-order valence-electron chi connectivity index (χ3n) is 0. The Balaban J connectivity index is 0. The summed E-state index contributed by atoms with van der Waals surface area (Å²) in [6.45, 7) is 0. The van der Waals surface area contributed by atoms with Gasteiger partial charge in [0.1, 0.15) is 0 Å². The Morgan fingerprint density at radius 1 is 0.250 bits per heavy atom. The second-order valence-electron chi connectivity index (χ2n) is 0. The van der Waals surface area contributed by atoms with Crippen molar-refractivity contribution in [3.8, 4) is 0 Å². The second kappa shape index (κ2) is 131. The summed E-state index contributed by atoms with van der Waals surface area (Å²) in [6.07, 6.45) is 0. The zero-order valence-corrected chi connectivity index (χ0v) is 21.9.